The van der Waals surface area contributed by atoms with Crippen molar-refractivity contribution in [1.29, 1.82) is 5.26 Å². The first-order valence-corrected chi connectivity index (χ1v) is 6.89. The van der Waals surface area contributed by atoms with Gasteiger partial charge < -0.3 is 10.6 Å². The van der Waals surface area contributed by atoms with E-state index in [0.29, 0.717) is 11.3 Å². The fraction of sp³-hybridized carbons (Fsp3) is 0.571. The summed E-state index contributed by atoms with van der Waals surface area (Å²) in [7, 11) is 0. The maximum atomic E-state index is 9.17. The average molecular weight is 257 g/mol. The SMILES string of the molecule is N#Cc1cc(N)cnc1N1CCN(CC2CC2)CC1. The number of hydrogen-bond acceptors (Lipinski definition) is 5. The van der Waals surface area contributed by atoms with E-state index in [0.717, 1.165) is 37.9 Å². The van der Waals surface area contributed by atoms with E-state index in [4.69, 9.17) is 5.73 Å². The van der Waals surface area contributed by atoms with Gasteiger partial charge in [-0.25, -0.2) is 4.98 Å². The summed E-state index contributed by atoms with van der Waals surface area (Å²) >= 11 is 0. The molecule has 1 aliphatic carbocycles. The van der Waals surface area contributed by atoms with Crippen LogP contribution in [0.15, 0.2) is 12.3 Å². The number of rotatable bonds is 3. The lowest BCUT2D eigenvalue weighted by atomic mass is 10.2. The molecule has 0 bridgehead atoms. The Hall–Kier alpha value is -1.80. The molecule has 2 N–H and O–H groups in total. The van der Waals surface area contributed by atoms with E-state index in [-0.39, 0.29) is 0 Å². The van der Waals surface area contributed by atoms with Gasteiger partial charge in [-0.2, -0.15) is 5.26 Å². The maximum Gasteiger partial charge on any atom is 0.146 e. The molecule has 1 aliphatic heterocycles. The number of pyridine rings is 1. The van der Waals surface area contributed by atoms with Crippen LogP contribution in [0, 0.1) is 17.2 Å². The first kappa shape index (κ1) is 12.2. The van der Waals surface area contributed by atoms with Crippen LogP contribution in [-0.4, -0.2) is 42.6 Å². The highest BCUT2D eigenvalue weighted by molar-refractivity contribution is 5.59. The second kappa shape index (κ2) is 5.06. The molecule has 1 saturated heterocycles. The van der Waals surface area contributed by atoms with E-state index in [1.54, 1.807) is 12.3 Å². The summed E-state index contributed by atoms with van der Waals surface area (Å²) in [6.45, 7) is 5.26. The summed E-state index contributed by atoms with van der Waals surface area (Å²) in [6, 6.07) is 3.90. The van der Waals surface area contributed by atoms with Crippen molar-refractivity contribution in [2.75, 3.05) is 43.4 Å². The van der Waals surface area contributed by atoms with Crippen LogP contribution in [0.25, 0.3) is 0 Å². The Labute approximate surface area is 113 Å². The van der Waals surface area contributed by atoms with Gasteiger partial charge in [-0.1, -0.05) is 0 Å². The van der Waals surface area contributed by atoms with Crippen LogP contribution in [-0.2, 0) is 0 Å². The highest BCUT2D eigenvalue weighted by Gasteiger charge is 2.27. The molecular weight excluding hydrogens is 238 g/mol. The number of nitriles is 1. The van der Waals surface area contributed by atoms with Crippen molar-refractivity contribution in [2.24, 2.45) is 5.92 Å². The standard InChI is InChI=1S/C14H19N5/c15-8-12-7-13(16)9-17-14(12)19-5-3-18(4-6-19)10-11-1-2-11/h7,9,11H,1-6,10,16H2. The second-order valence-electron chi connectivity index (χ2n) is 5.48. The Morgan fingerprint density at radius 3 is 2.68 bits per heavy atom. The fourth-order valence-corrected chi connectivity index (χ4v) is 2.62. The fourth-order valence-electron chi connectivity index (χ4n) is 2.62. The Bertz CT molecular complexity index is 495. The number of aromatic nitrogens is 1. The molecule has 1 saturated carbocycles. The molecule has 2 aliphatic rings. The third-order valence-electron chi connectivity index (χ3n) is 3.89. The van der Waals surface area contributed by atoms with E-state index in [1.165, 1.54) is 19.4 Å². The Balaban J connectivity index is 1.65. The minimum Gasteiger partial charge on any atom is -0.397 e. The van der Waals surface area contributed by atoms with Crippen LogP contribution < -0.4 is 10.6 Å². The normalized spacial score (nSPS) is 20.3. The van der Waals surface area contributed by atoms with Crippen LogP contribution in [0.2, 0.25) is 0 Å². The van der Waals surface area contributed by atoms with Gasteiger partial charge in [0.05, 0.1) is 17.4 Å². The van der Waals surface area contributed by atoms with Crippen molar-refractivity contribution in [3.05, 3.63) is 17.8 Å². The predicted molar refractivity (Wildman–Crippen MR) is 74.7 cm³/mol. The molecule has 2 heterocycles. The molecule has 0 aromatic carbocycles. The number of hydrogen-bond donors (Lipinski definition) is 1. The van der Waals surface area contributed by atoms with Crippen LogP contribution in [0.1, 0.15) is 18.4 Å². The lowest BCUT2D eigenvalue weighted by Crippen LogP contribution is -2.47. The Morgan fingerprint density at radius 1 is 1.32 bits per heavy atom. The van der Waals surface area contributed by atoms with Gasteiger partial charge in [-0.05, 0) is 24.8 Å². The van der Waals surface area contributed by atoms with Crippen LogP contribution in [0.5, 0.6) is 0 Å². The molecular formula is C14H19N5. The first-order valence-electron chi connectivity index (χ1n) is 6.89. The zero-order valence-corrected chi connectivity index (χ0v) is 11.0. The van der Waals surface area contributed by atoms with Crippen molar-refractivity contribution in [1.82, 2.24) is 9.88 Å². The molecule has 0 unspecified atom stereocenters. The van der Waals surface area contributed by atoms with Crippen LogP contribution in [0.3, 0.4) is 0 Å². The molecule has 0 amide bonds. The number of piperazine rings is 1. The zero-order valence-electron chi connectivity index (χ0n) is 11.0. The zero-order chi connectivity index (χ0) is 13.2. The van der Waals surface area contributed by atoms with Gasteiger partial charge in [-0.15, -0.1) is 0 Å². The molecule has 19 heavy (non-hydrogen) atoms. The van der Waals surface area contributed by atoms with Gasteiger partial charge in [0.1, 0.15) is 11.9 Å². The van der Waals surface area contributed by atoms with Gasteiger partial charge in [0.25, 0.3) is 0 Å². The lowest BCUT2D eigenvalue weighted by molar-refractivity contribution is 0.247. The van der Waals surface area contributed by atoms with Gasteiger partial charge >= 0.3 is 0 Å². The van der Waals surface area contributed by atoms with E-state index < -0.39 is 0 Å². The lowest BCUT2D eigenvalue weighted by Gasteiger charge is -2.35. The summed E-state index contributed by atoms with van der Waals surface area (Å²) in [5.41, 5.74) is 6.80. The van der Waals surface area contributed by atoms with Crippen LogP contribution >= 0.6 is 0 Å². The van der Waals surface area contributed by atoms with E-state index in [2.05, 4.69) is 20.9 Å². The van der Waals surface area contributed by atoms with Crippen molar-refractivity contribution in [3.8, 4) is 6.07 Å². The maximum absolute atomic E-state index is 9.17. The minimum atomic E-state index is 0.549. The highest BCUT2D eigenvalue weighted by atomic mass is 15.3. The summed E-state index contributed by atoms with van der Waals surface area (Å²) in [4.78, 5) is 9.05. The largest absolute Gasteiger partial charge is 0.397 e. The summed E-state index contributed by atoms with van der Waals surface area (Å²) in [5, 5.41) is 9.17. The molecule has 2 fully saturated rings. The minimum absolute atomic E-state index is 0.549. The third kappa shape index (κ3) is 2.79. The second-order valence-corrected chi connectivity index (χ2v) is 5.48. The molecule has 5 nitrogen and oxygen atoms in total. The van der Waals surface area contributed by atoms with Crippen molar-refractivity contribution in [2.45, 2.75) is 12.8 Å². The molecule has 3 rings (SSSR count). The first-order chi connectivity index (χ1) is 9.26. The predicted octanol–water partition coefficient (Wildman–Crippen LogP) is 1.07. The van der Waals surface area contributed by atoms with Gasteiger partial charge in [-0.3, -0.25) is 4.90 Å². The third-order valence-corrected chi connectivity index (χ3v) is 3.89. The molecule has 1 aromatic heterocycles. The summed E-state index contributed by atoms with van der Waals surface area (Å²) < 4.78 is 0. The molecule has 0 atom stereocenters. The molecule has 100 valence electrons. The van der Waals surface area contributed by atoms with E-state index in [9.17, 15) is 5.26 Å². The van der Waals surface area contributed by atoms with E-state index >= 15 is 0 Å². The monoisotopic (exact) mass is 257 g/mol. The van der Waals surface area contributed by atoms with Crippen molar-refractivity contribution >= 4 is 11.5 Å². The molecule has 0 spiro atoms. The Morgan fingerprint density at radius 2 is 2.05 bits per heavy atom. The van der Waals surface area contributed by atoms with Crippen molar-refractivity contribution in [3.63, 3.8) is 0 Å². The molecule has 1 aromatic rings. The van der Waals surface area contributed by atoms with Gasteiger partial charge in [0.15, 0.2) is 0 Å². The Kier molecular flexibility index (Phi) is 3.26. The van der Waals surface area contributed by atoms with Gasteiger partial charge in [0, 0.05) is 32.7 Å². The number of nitrogen functional groups attached to an aromatic ring is 1. The number of anilines is 2. The highest BCUT2D eigenvalue weighted by Crippen LogP contribution is 2.30. The quantitative estimate of drug-likeness (QED) is 0.877. The number of nitrogens with two attached hydrogens (primary N) is 1. The summed E-state index contributed by atoms with van der Waals surface area (Å²) in [6.07, 6.45) is 4.43. The van der Waals surface area contributed by atoms with Crippen LogP contribution in [0.4, 0.5) is 11.5 Å². The topological polar surface area (TPSA) is 69.2 Å². The smallest absolute Gasteiger partial charge is 0.146 e. The van der Waals surface area contributed by atoms with Crippen molar-refractivity contribution < 1.29 is 0 Å². The average Bonchev–Trinajstić information content (AvgIpc) is 3.24. The summed E-state index contributed by atoms with van der Waals surface area (Å²) in [5.74, 6) is 1.72. The molecule has 0 radical (unpaired) electrons. The molecule has 5 heteroatoms. The van der Waals surface area contributed by atoms with Gasteiger partial charge in [0.2, 0.25) is 0 Å². The number of nitrogens with zero attached hydrogens (tertiary/aromatic N) is 4. The van der Waals surface area contributed by atoms with E-state index in [1.807, 2.05) is 0 Å².